The van der Waals surface area contributed by atoms with Gasteiger partial charge in [-0.25, -0.2) is 4.79 Å². The average molecular weight is 463 g/mol. The number of benzene rings is 2. The number of esters is 1. The van der Waals surface area contributed by atoms with Gasteiger partial charge >= 0.3 is 5.97 Å². The summed E-state index contributed by atoms with van der Waals surface area (Å²) in [4.78, 5) is 24.6. The zero-order chi connectivity index (χ0) is 20.8. The molecule has 152 valence electrons. The van der Waals surface area contributed by atoms with Crippen LogP contribution in [0.15, 0.2) is 62.4 Å². The Hall–Kier alpha value is -2.84. The van der Waals surface area contributed by atoms with Crippen molar-refractivity contribution in [2.45, 2.75) is 13.0 Å². The van der Waals surface area contributed by atoms with Crippen LogP contribution in [0, 0.1) is 0 Å². The lowest BCUT2D eigenvalue weighted by Crippen LogP contribution is -2.27. The molecule has 0 amide bonds. The normalized spacial score (nSPS) is 11.8. The van der Waals surface area contributed by atoms with Crippen LogP contribution >= 0.6 is 15.9 Å². The van der Waals surface area contributed by atoms with Crippen LogP contribution in [0.5, 0.6) is 17.2 Å². The summed E-state index contributed by atoms with van der Waals surface area (Å²) in [5.41, 5.74) is -0.00694. The first-order valence-corrected chi connectivity index (χ1v) is 9.59. The van der Waals surface area contributed by atoms with Gasteiger partial charge in [0.2, 0.25) is 11.2 Å². The lowest BCUT2D eigenvalue weighted by atomic mass is 10.2. The van der Waals surface area contributed by atoms with Gasteiger partial charge in [-0.1, -0.05) is 12.1 Å². The van der Waals surface area contributed by atoms with E-state index in [-0.39, 0.29) is 17.8 Å². The maximum absolute atomic E-state index is 12.7. The van der Waals surface area contributed by atoms with Gasteiger partial charge in [-0.2, -0.15) is 0 Å². The lowest BCUT2D eigenvalue weighted by molar-refractivity contribution is -0.152. The summed E-state index contributed by atoms with van der Waals surface area (Å²) in [7, 11) is 1.52. The molecule has 0 spiro atoms. The van der Waals surface area contributed by atoms with E-state index < -0.39 is 12.1 Å². The van der Waals surface area contributed by atoms with Crippen LogP contribution in [0.4, 0.5) is 0 Å². The highest BCUT2D eigenvalue weighted by Crippen LogP contribution is 2.29. The molecule has 0 N–H and O–H groups in total. The van der Waals surface area contributed by atoms with E-state index >= 15 is 0 Å². The highest BCUT2D eigenvalue weighted by Gasteiger charge is 2.17. The Labute approximate surface area is 175 Å². The fourth-order valence-corrected chi connectivity index (χ4v) is 2.84. The van der Waals surface area contributed by atoms with Crippen LogP contribution in [0.25, 0.3) is 11.0 Å². The second-order valence-electron chi connectivity index (χ2n) is 6.04. The molecule has 0 bridgehead atoms. The second-order valence-corrected chi connectivity index (χ2v) is 6.89. The van der Waals surface area contributed by atoms with Crippen LogP contribution < -0.4 is 14.9 Å². The Balaban J connectivity index is 1.77. The van der Waals surface area contributed by atoms with Gasteiger partial charge in [0.15, 0.2) is 6.10 Å². The Morgan fingerprint density at radius 1 is 1.14 bits per heavy atom. The van der Waals surface area contributed by atoms with Crippen molar-refractivity contribution in [2.75, 3.05) is 20.3 Å². The topological polar surface area (TPSA) is 84.2 Å². The summed E-state index contributed by atoms with van der Waals surface area (Å²) in [6, 6.07) is 11.9. The van der Waals surface area contributed by atoms with Crippen LogP contribution in [0.2, 0.25) is 0 Å². The van der Waals surface area contributed by atoms with Crippen molar-refractivity contribution in [3.05, 3.63) is 63.4 Å². The lowest BCUT2D eigenvalue weighted by Gasteiger charge is -2.14. The smallest absolute Gasteiger partial charge is 0.347 e. The van der Waals surface area contributed by atoms with Crippen LogP contribution in [-0.4, -0.2) is 32.4 Å². The standard InChI is InChI=1S/C21H19BrO7/c1-13(21(24)26-10-9-25-2)28-14-7-8-15-18(11-14)27-12-19(20(15)23)29-17-6-4-3-5-16(17)22/h3-8,11-13H,9-10H2,1-2H3. The third-order valence-corrected chi connectivity index (χ3v) is 4.60. The number of carbonyl (C=O) groups excluding carboxylic acids is 1. The number of para-hydroxylation sites is 1. The number of halogens is 1. The molecule has 0 saturated heterocycles. The third-order valence-electron chi connectivity index (χ3n) is 3.95. The summed E-state index contributed by atoms with van der Waals surface area (Å²) in [5.74, 6) is 0.421. The quantitative estimate of drug-likeness (QED) is 0.364. The van der Waals surface area contributed by atoms with E-state index in [1.165, 1.54) is 19.4 Å². The molecule has 1 aromatic heterocycles. The maximum Gasteiger partial charge on any atom is 0.347 e. The van der Waals surface area contributed by atoms with Crippen molar-refractivity contribution in [2.24, 2.45) is 0 Å². The zero-order valence-corrected chi connectivity index (χ0v) is 17.4. The molecule has 0 aliphatic heterocycles. The van der Waals surface area contributed by atoms with Crippen LogP contribution in [-0.2, 0) is 14.3 Å². The first kappa shape index (κ1) is 20.9. The summed E-state index contributed by atoms with van der Waals surface area (Å²) in [6.07, 6.45) is 0.421. The molecule has 1 heterocycles. The number of fused-ring (bicyclic) bond motifs is 1. The minimum atomic E-state index is -0.825. The van der Waals surface area contributed by atoms with Crippen molar-refractivity contribution in [1.82, 2.24) is 0 Å². The van der Waals surface area contributed by atoms with Gasteiger partial charge in [0, 0.05) is 13.2 Å². The zero-order valence-electron chi connectivity index (χ0n) is 15.8. The van der Waals surface area contributed by atoms with Gasteiger partial charge in [-0.05, 0) is 47.1 Å². The molecule has 0 aliphatic carbocycles. The van der Waals surface area contributed by atoms with E-state index in [2.05, 4.69) is 15.9 Å². The minimum absolute atomic E-state index is 0.0631. The Morgan fingerprint density at radius 3 is 2.69 bits per heavy atom. The molecule has 0 aliphatic rings. The number of ether oxygens (including phenoxy) is 4. The van der Waals surface area contributed by atoms with E-state index in [4.69, 9.17) is 23.4 Å². The molecule has 2 aromatic carbocycles. The molecule has 0 radical (unpaired) electrons. The maximum atomic E-state index is 12.7. The van der Waals surface area contributed by atoms with Crippen LogP contribution in [0.3, 0.4) is 0 Å². The van der Waals surface area contributed by atoms with E-state index in [9.17, 15) is 9.59 Å². The van der Waals surface area contributed by atoms with E-state index in [1.54, 1.807) is 31.2 Å². The van der Waals surface area contributed by atoms with E-state index in [0.29, 0.717) is 29.1 Å². The van der Waals surface area contributed by atoms with Gasteiger partial charge in [0.25, 0.3) is 0 Å². The summed E-state index contributed by atoms with van der Waals surface area (Å²) in [6.45, 7) is 2.03. The summed E-state index contributed by atoms with van der Waals surface area (Å²) >= 11 is 3.37. The number of rotatable bonds is 8. The second kappa shape index (κ2) is 9.58. The number of hydrogen-bond acceptors (Lipinski definition) is 7. The predicted molar refractivity (Wildman–Crippen MR) is 110 cm³/mol. The first-order chi connectivity index (χ1) is 14.0. The van der Waals surface area contributed by atoms with Crippen LogP contribution in [0.1, 0.15) is 6.92 Å². The monoisotopic (exact) mass is 462 g/mol. The molecule has 7 nitrogen and oxygen atoms in total. The summed E-state index contributed by atoms with van der Waals surface area (Å²) < 4.78 is 27.4. The van der Waals surface area contributed by atoms with Crippen molar-refractivity contribution in [1.29, 1.82) is 0 Å². The molecule has 1 unspecified atom stereocenters. The Bertz CT molecular complexity index is 1060. The molecule has 0 saturated carbocycles. The van der Waals surface area contributed by atoms with E-state index in [1.807, 2.05) is 12.1 Å². The van der Waals surface area contributed by atoms with Gasteiger partial charge in [-0.15, -0.1) is 0 Å². The van der Waals surface area contributed by atoms with Crippen molar-refractivity contribution >= 4 is 32.9 Å². The van der Waals surface area contributed by atoms with Gasteiger partial charge in [0.1, 0.15) is 30.0 Å². The molecule has 8 heteroatoms. The number of hydrogen-bond donors (Lipinski definition) is 0. The first-order valence-electron chi connectivity index (χ1n) is 8.79. The fraction of sp³-hybridized carbons (Fsp3) is 0.238. The van der Waals surface area contributed by atoms with Gasteiger partial charge in [-0.3, -0.25) is 4.79 Å². The van der Waals surface area contributed by atoms with E-state index in [0.717, 1.165) is 4.47 Å². The average Bonchev–Trinajstić information content (AvgIpc) is 2.71. The number of carbonyl (C=O) groups is 1. The largest absolute Gasteiger partial charge is 0.479 e. The Kier molecular flexibility index (Phi) is 6.90. The molecule has 3 rings (SSSR count). The molecule has 29 heavy (non-hydrogen) atoms. The van der Waals surface area contributed by atoms with Gasteiger partial charge in [0.05, 0.1) is 16.5 Å². The predicted octanol–water partition coefficient (Wildman–Crippen LogP) is 4.30. The molecule has 1 atom stereocenters. The summed E-state index contributed by atoms with van der Waals surface area (Å²) in [5, 5.41) is 0.331. The molecule has 0 fully saturated rings. The minimum Gasteiger partial charge on any atom is -0.479 e. The highest BCUT2D eigenvalue weighted by molar-refractivity contribution is 9.10. The third kappa shape index (κ3) is 5.16. The number of methoxy groups -OCH3 is 1. The fourth-order valence-electron chi connectivity index (χ4n) is 2.48. The Morgan fingerprint density at radius 2 is 1.93 bits per heavy atom. The van der Waals surface area contributed by atoms with Crippen molar-refractivity contribution in [3.63, 3.8) is 0 Å². The highest BCUT2D eigenvalue weighted by atomic mass is 79.9. The SMILES string of the molecule is COCCOC(=O)C(C)Oc1ccc2c(=O)c(Oc3ccccc3Br)coc2c1. The molecular weight excluding hydrogens is 444 g/mol. The molecular formula is C21H19BrO7. The van der Waals surface area contributed by atoms with Crippen molar-refractivity contribution < 1.29 is 28.2 Å². The van der Waals surface area contributed by atoms with Gasteiger partial charge < -0.3 is 23.4 Å². The van der Waals surface area contributed by atoms with Crippen molar-refractivity contribution in [3.8, 4) is 17.2 Å². The molecule has 3 aromatic rings.